The normalized spacial score (nSPS) is 10.8. The van der Waals surface area contributed by atoms with Gasteiger partial charge in [0.25, 0.3) is 5.56 Å². The quantitative estimate of drug-likeness (QED) is 0.769. The first-order valence-corrected chi connectivity index (χ1v) is 6.50. The number of carbonyl (C=O) groups is 1. The number of nitrogens with zero attached hydrogens (tertiary/aromatic N) is 3. The zero-order chi connectivity index (χ0) is 15.9. The maximum atomic E-state index is 12.2. The minimum atomic E-state index is -1.11. The second kappa shape index (κ2) is 5.12. The predicted octanol–water partition coefficient (Wildman–Crippen LogP) is 2.02. The fraction of sp³-hybridized carbons (Fsp3) is 0. The molecule has 0 fully saturated rings. The molecule has 3 aromatic rings. The number of benzene rings is 1. The maximum Gasteiger partial charge on any atom is 0.338 e. The van der Waals surface area contributed by atoms with E-state index in [0.717, 1.165) is 0 Å². The van der Waals surface area contributed by atoms with Gasteiger partial charge in [0.05, 0.1) is 22.7 Å². The average molecular weight is 317 g/mol. The molecule has 0 saturated carbocycles. The largest absolute Gasteiger partial charge is 0.478 e. The molecule has 0 radical (unpaired) electrons. The number of hydrogen-bond acceptors (Lipinski definition) is 4. The highest BCUT2D eigenvalue weighted by molar-refractivity contribution is 6.48. The number of H-pyrrole nitrogens is 1. The van der Waals surface area contributed by atoms with E-state index in [4.69, 9.17) is 16.7 Å². The Hall–Kier alpha value is -2.93. The van der Waals surface area contributed by atoms with Crippen molar-refractivity contribution >= 4 is 33.5 Å². The molecule has 0 aliphatic heterocycles. The summed E-state index contributed by atoms with van der Waals surface area (Å²) in [6.07, 6.45) is 2.44. The lowest BCUT2D eigenvalue weighted by atomic mass is 10.1. The fourth-order valence-electron chi connectivity index (χ4n) is 1.95. The number of nitrogens with one attached hydrogen (secondary N) is 1. The molecule has 8 heteroatoms. The Morgan fingerprint density at radius 1 is 1.36 bits per heavy atom. The average Bonchev–Trinajstić information content (AvgIpc) is 2.96. The van der Waals surface area contributed by atoms with E-state index in [0.29, 0.717) is 21.5 Å². The first-order chi connectivity index (χ1) is 10.5. The van der Waals surface area contributed by atoms with Crippen molar-refractivity contribution in [1.29, 1.82) is 0 Å². The number of fused-ring (bicyclic) bond motifs is 1. The molecule has 0 spiro atoms. The summed E-state index contributed by atoms with van der Waals surface area (Å²) < 4.78 is 1.19. The Bertz CT molecular complexity index is 974. The van der Waals surface area contributed by atoms with Crippen LogP contribution in [0.3, 0.4) is 0 Å². The second-order valence-electron chi connectivity index (χ2n) is 4.51. The van der Waals surface area contributed by atoms with Crippen molar-refractivity contribution in [2.75, 3.05) is 0 Å². The summed E-state index contributed by atoms with van der Waals surface area (Å²) in [4.78, 5) is 29.8. The molecule has 0 amide bonds. The van der Waals surface area contributed by atoms with Gasteiger partial charge >= 0.3 is 5.97 Å². The summed E-state index contributed by atoms with van der Waals surface area (Å²) >= 11 is 5.82. The van der Waals surface area contributed by atoms with Gasteiger partial charge in [0.2, 0.25) is 5.95 Å². The third-order valence-corrected chi connectivity index (χ3v) is 3.27. The van der Waals surface area contributed by atoms with E-state index in [-0.39, 0.29) is 17.1 Å². The summed E-state index contributed by atoms with van der Waals surface area (Å²) in [5, 5.41) is 13.4. The lowest BCUT2D eigenvalue weighted by Gasteiger charge is -2.04. The Labute approximate surface area is 128 Å². The summed E-state index contributed by atoms with van der Waals surface area (Å²) in [6, 6.07) is 4.92. The summed E-state index contributed by atoms with van der Waals surface area (Å²) in [5.74, 6) is -0.984. The van der Waals surface area contributed by atoms with Crippen molar-refractivity contribution in [3.05, 3.63) is 58.7 Å². The Morgan fingerprint density at radius 2 is 2.14 bits per heavy atom. The number of aromatic nitrogens is 4. The van der Waals surface area contributed by atoms with Crippen LogP contribution in [0.1, 0.15) is 15.9 Å². The number of rotatable bonds is 3. The summed E-state index contributed by atoms with van der Waals surface area (Å²) in [7, 11) is 0. The maximum absolute atomic E-state index is 12.2. The molecular formula is C14H9ClN4O3. The molecule has 3 rings (SSSR count). The van der Waals surface area contributed by atoms with Gasteiger partial charge in [-0.1, -0.05) is 24.2 Å². The number of aromatic carboxylic acids is 1. The second-order valence-corrected chi connectivity index (χ2v) is 4.96. The minimum Gasteiger partial charge on any atom is -0.478 e. The zero-order valence-electron chi connectivity index (χ0n) is 11.1. The zero-order valence-corrected chi connectivity index (χ0v) is 11.8. The molecule has 2 aromatic heterocycles. The molecule has 0 bridgehead atoms. The number of carboxylic acids is 1. The molecular weight excluding hydrogens is 308 g/mol. The van der Waals surface area contributed by atoms with Gasteiger partial charge in [0.1, 0.15) is 0 Å². The minimum absolute atomic E-state index is 0.00321. The Kier molecular flexibility index (Phi) is 3.26. The van der Waals surface area contributed by atoms with E-state index in [1.165, 1.54) is 17.1 Å². The molecule has 110 valence electrons. The fourth-order valence-corrected chi connectivity index (χ4v) is 2.07. The van der Waals surface area contributed by atoms with E-state index >= 15 is 0 Å². The number of carboxylic acid groups (broad SMARTS) is 1. The van der Waals surface area contributed by atoms with Gasteiger partial charge in [-0.05, 0) is 17.7 Å². The lowest BCUT2D eigenvalue weighted by Crippen LogP contribution is -2.14. The van der Waals surface area contributed by atoms with Crippen LogP contribution in [-0.2, 0) is 0 Å². The molecule has 1 aromatic carbocycles. The predicted molar refractivity (Wildman–Crippen MR) is 81.3 cm³/mol. The van der Waals surface area contributed by atoms with Crippen LogP contribution in [0.5, 0.6) is 0 Å². The molecule has 0 atom stereocenters. The molecule has 7 nitrogen and oxygen atoms in total. The van der Waals surface area contributed by atoms with Crippen LogP contribution >= 0.6 is 11.6 Å². The molecule has 2 heterocycles. The lowest BCUT2D eigenvalue weighted by molar-refractivity contribution is 0.0697. The van der Waals surface area contributed by atoms with Gasteiger partial charge in [-0.2, -0.15) is 5.10 Å². The van der Waals surface area contributed by atoms with Crippen LogP contribution in [0.2, 0.25) is 0 Å². The van der Waals surface area contributed by atoms with Crippen molar-refractivity contribution in [3.63, 3.8) is 0 Å². The number of halogens is 1. The molecule has 0 saturated heterocycles. The highest BCUT2D eigenvalue weighted by Gasteiger charge is 2.11. The Morgan fingerprint density at radius 3 is 2.77 bits per heavy atom. The monoisotopic (exact) mass is 316 g/mol. The highest BCUT2D eigenvalue weighted by atomic mass is 35.5. The van der Waals surface area contributed by atoms with E-state index in [1.807, 2.05) is 0 Å². The molecule has 0 aliphatic rings. The van der Waals surface area contributed by atoms with Crippen molar-refractivity contribution < 1.29 is 9.90 Å². The summed E-state index contributed by atoms with van der Waals surface area (Å²) in [5.41, 5.74) is 0.679. The van der Waals surface area contributed by atoms with Crippen molar-refractivity contribution in [2.45, 2.75) is 0 Å². The van der Waals surface area contributed by atoms with Gasteiger partial charge in [0, 0.05) is 11.2 Å². The topological polar surface area (TPSA) is 101 Å². The molecule has 0 unspecified atom stereocenters. The van der Waals surface area contributed by atoms with Gasteiger partial charge in [-0.25, -0.2) is 14.5 Å². The van der Waals surface area contributed by atoms with Crippen LogP contribution in [0.4, 0.5) is 0 Å². The SMILES string of the molecule is C=C(Cl)c1ccc2nc(-n3cc(C(=O)O)cn3)[nH]c(=O)c2c1. The van der Waals surface area contributed by atoms with E-state index in [1.54, 1.807) is 18.2 Å². The summed E-state index contributed by atoms with van der Waals surface area (Å²) in [6.45, 7) is 3.61. The van der Waals surface area contributed by atoms with Crippen LogP contribution < -0.4 is 5.56 Å². The standard InChI is InChI=1S/C14H9ClN4O3/c1-7(15)8-2-3-11-10(4-8)12(20)18-14(17-11)19-6-9(5-16-19)13(21)22/h2-6H,1H2,(H,21,22)(H,17,18,20). The third kappa shape index (κ3) is 2.38. The number of aromatic amines is 1. The van der Waals surface area contributed by atoms with E-state index < -0.39 is 5.97 Å². The third-order valence-electron chi connectivity index (χ3n) is 3.05. The van der Waals surface area contributed by atoms with Crippen LogP contribution in [-0.4, -0.2) is 30.8 Å². The molecule has 2 N–H and O–H groups in total. The first kappa shape index (κ1) is 14.0. The van der Waals surface area contributed by atoms with Crippen molar-refractivity contribution in [1.82, 2.24) is 19.7 Å². The first-order valence-electron chi connectivity index (χ1n) is 6.13. The highest BCUT2D eigenvalue weighted by Crippen LogP contribution is 2.19. The Balaban J connectivity index is 2.16. The van der Waals surface area contributed by atoms with Gasteiger partial charge in [-0.3, -0.25) is 9.78 Å². The van der Waals surface area contributed by atoms with Gasteiger partial charge in [-0.15, -0.1) is 0 Å². The van der Waals surface area contributed by atoms with Crippen LogP contribution in [0.25, 0.3) is 21.9 Å². The van der Waals surface area contributed by atoms with Crippen LogP contribution in [0.15, 0.2) is 42.0 Å². The van der Waals surface area contributed by atoms with Crippen molar-refractivity contribution in [2.24, 2.45) is 0 Å². The van der Waals surface area contributed by atoms with Gasteiger partial charge < -0.3 is 5.11 Å². The molecule has 22 heavy (non-hydrogen) atoms. The van der Waals surface area contributed by atoms with Gasteiger partial charge in [0.15, 0.2) is 0 Å². The van der Waals surface area contributed by atoms with E-state index in [2.05, 4.69) is 21.6 Å². The number of hydrogen-bond donors (Lipinski definition) is 2. The smallest absolute Gasteiger partial charge is 0.338 e. The molecule has 0 aliphatic carbocycles. The van der Waals surface area contributed by atoms with E-state index in [9.17, 15) is 9.59 Å². The van der Waals surface area contributed by atoms with Crippen molar-refractivity contribution in [3.8, 4) is 5.95 Å². The van der Waals surface area contributed by atoms with Crippen LogP contribution in [0, 0.1) is 0 Å².